The fourth-order valence-electron chi connectivity index (χ4n) is 3.20. The molecule has 1 aliphatic carbocycles. The van der Waals surface area contributed by atoms with Crippen LogP contribution in [0.3, 0.4) is 0 Å². The predicted octanol–water partition coefficient (Wildman–Crippen LogP) is 2.71. The number of amides is 2. The fraction of sp³-hybridized carbons (Fsp3) is 0.588. The number of carbonyl (C=O) groups excluding carboxylic acids is 1. The third-order valence-electron chi connectivity index (χ3n) is 4.56. The van der Waals surface area contributed by atoms with E-state index in [1.807, 2.05) is 6.07 Å². The molecule has 0 bridgehead atoms. The van der Waals surface area contributed by atoms with Gasteiger partial charge in [0.05, 0.1) is 0 Å². The number of aliphatic hydroxyl groups excluding tert-OH is 1. The number of aliphatic hydroxyl groups is 1. The Morgan fingerprint density at radius 2 is 2.04 bits per heavy atom. The maximum Gasteiger partial charge on any atom is 0.319 e. The summed E-state index contributed by atoms with van der Waals surface area (Å²) >= 11 is 0. The van der Waals surface area contributed by atoms with Gasteiger partial charge in [-0.1, -0.05) is 0 Å². The Morgan fingerprint density at radius 1 is 1.30 bits per heavy atom. The van der Waals surface area contributed by atoms with Crippen molar-refractivity contribution >= 4 is 17.4 Å². The van der Waals surface area contributed by atoms with Crippen molar-refractivity contribution in [3.05, 3.63) is 24.0 Å². The van der Waals surface area contributed by atoms with Crippen molar-refractivity contribution < 1.29 is 14.3 Å². The maximum atomic E-state index is 13.8. The summed E-state index contributed by atoms with van der Waals surface area (Å²) in [5, 5.41) is 14.7. The standard InChI is InChI=1S/C17H24FN3O2/c18-13-9-14(11-15(10-13)21-6-1-2-7-21)19-17(23)20-16(5-8-22)12-3-4-12/h9-12,16,22H,1-8H2,(H2,19,20,23)/t16-/m0/s1. The van der Waals surface area contributed by atoms with E-state index in [9.17, 15) is 9.18 Å². The Bertz CT molecular complexity index is 557. The SMILES string of the molecule is O=C(Nc1cc(F)cc(N2CCCC2)c1)N[C@@H](CCO)C1CC1. The lowest BCUT2D eigenvalue weighted by atomic mass is 10.1. The largest absolute Gasteiger partial charge is 0.396 e. The number of halogens is 1. The second-order valence-corrected chi connectivity index (χ2v) is 6.45. The van der Waals surface area contributed by atoms with E-state index in [1.165, 1.54) is 12.1 Å². The zero-order chi connectivity index (χ0) is 16.2. The molecule has 1 heterocycles. The first-order chi connectivity index (χ1) is 11.2. The minimum atomic E-state index is -0.348. The van der Waals surface area contributed by atoms with Crippen LogP contribution in [0.2, 0.25) is 0 Å². The van der Waals surface area contributed by atoms with Gasteiger partial charge in [-0.3, -0.25) is 0 Å². The summed E-state index contributed by atoms with van der Waals surface area (Å²) in [6.45, 7) is 1.91. The molecule has 2 amide bonds. The Labute approximate surface area is 135 Å². The van der Waals surface area contributed by atoms with Gasteiger partial charge >= 0.3 is 6.03 Å². The van der Waals surface area contributed by atoms with E-state index in [0.29, 0.717) is 18.0 Å². The molecule has 1 saturated carbocycles. The van der Waals surface area contributed by atoms with E-state index in [1.54, 1.807) is 0 Å². The monoisotopic (exact) mass is 321 g/mol. The summed E-state index contributed by atoms with van der Waals surface area (Å²) in [5.74, 6) is 0.111. The molecule has 6 heteroatoms. The number of carbonyl (C=O) groups is 1. The fourth-order valence-corrected chi connectivity index (χ4v) is 3.20. The molecule has 23 heavy (non-hydrogen) atoms. The van der Waals surface area contributed by atoms with Crippen LogP contribution in [0.25, 0.3) is 0 Å². The van der Waals surface area contributed by atoms with Gasteiger partial charge in [-0.05, 0) is 56.2 Å². The van der Waals surface area contributed by atoms with Gasteiger partial charge in [0.15, 0.2) is 0 Å². The zero-order valence-electron chi connectivity index (χ0n) is 13.2. The second kappa shape index (κ2) is 7.17. The molecule has 1 aromatic rings. The van der Waals surface area contributed by atoms with Crippen molar-refractivity contribution in [3.8, 4) is 0 Å². The van der Waals surface area contributed by atoms with Crippen LogP contribution in [-0.2, 0) is 0 Å². The first-order valence-corrected chi connectivity index (χ1v) is 8.39. The van der Waals surface area contributed by atoms with Crippen molar-refractivity contribution in [1.82, 2.24) is 5.32 Å². The molecular formula is C17H24FN3O2. The summed E-state index contributed by atoms with van der Waals surface area (Å²) in [7, 11) is 0. The molecule has 5 nitrogen and oxygen atoms in total. The van der Waals surface area contributed by atoms with E-state index >= 15 is 0 Å². The van der Waals surface area contributed by atoms with Gasteiger partial charge in [0.1, 0.15) is 5.82 Å². The van der Waals surface area contributed by atoms with Crippen LogP contribution in [0.5, 0.6) is 0 Å². The third kappa shape index (κ3) is 4.34. The molecular weight excluding hydrogens is 297 g/mol. The number of urea groups is 1. The number of hydrogen-bond acceptors (Lipinski definition) is 3. The average Bonchev–Trinajstić information content (AvgIpc) is 3.20. The molecule has 3 rings (SSSR count). The molecule has 1 saturated heterocycles. The molecule has 1 aliphatic heterocycles. The maximum absolute atomic E-state index is 13.8. The average molecular weight is 321 g/mol. The lowest BCUT2D eigenvalue weighted by Crippen LogP contribution is -2.39. The van der Waals surface area contributed by atoms with Crippen LogP contribution in [0.1, 0.15) is 32.1 Å². The number of hydrogen-bond donors (Lipinski definition) is 3. The summed E-state index contributed by atoms with van der Waals surface area (Å²) in [6.07, 6.45) is 4.96. The molecule has 0 aromatic heterocycles. The van der Waals surface area contributed by atoms with E-state index in [2.05, 4.69) is 15.5 Å². The Balaban J connectivity index is 1.63. The third-order valence-corrected chi connectivity index (χ3v) is 4.56. The molecule has 126 valence electrons. The number of nitrogens with one attached hydrogen (secondary N) is 2. The van der Waals surface area contributed by atoms with Crippen LogP contribution >= 0.6 is 0 Å². The molecule has 1 atom stereocenters. The molecule has 2 aliphatic rings. The summed E-state index contributed by atoms with van der Waals surface area (Å²) in [4.78, 5) is 14.3. The Kier molecular flexibility index (Phi) is 5.00. The van der Waals surface area contributed by atoms with Gasteiger partial charge in [0, 0.05) is 37.1 Å². The topological polar surface area (TPSA) is 64.6 Å². The van der Waals surface area contributed by atoms with Gasteiger partial charge in [0.2, 0.25) is 0 Å². The van der Waals surface area contributed by atoms with Gasteiger partial charge in [-0.25, -0.2) is 9.18 Å². The Morgan fingerprint density at radius 3 is 2.70 bits per heavy atom. The van der Waals surface area contributed by atoms with Crippen LogP contribution in [0.4, 0.5) is 20.6 Å². The van der Waals surface area contributed by atoms with Gasteiger partial charge in [0.25, 0.3) is 0 Å². The van der Waals surface area contributed by atoms with Crippen molar-refractivity contribution in [2.24, 2.45) is 5.92 Å². The summed E-state index contributed by atoms with van der Waals surface area (Å²) in [6, 6.07) is 4.30. The van der Waals surface area contributed by atoms with Crippen LogP contribution < -0.4 is 15.5 Å². The number of nitrogens with zero attached hydrogens (tertiary/aromatic N) is 1. The molecule has 1 aromatic carbocycles. The highest BCUT2D eigenvalue weighted by atomic mass is 19.1. The normalized spacial score (nSPS) is 18.8. The minimum absolute atomic E-state index is 0.00777. The van der Waals surface area contributed by atoms with Crippen molar-refractivity contribution in [3.63, 3.8) is 0 Å². The summed E-state index contributed by atoms with van der Waals surface area (Å²) in [5.41, 5.74) is 1.27. The second-order valence-electron chi connectivity index (χ2n) is 6.45. The van der Waals surface area contributed by atoms with Gasteiger partial charge < -0.3 is 20.6 Å². The first-order valence-electron chi connectivity index (χ1n) is 8.39. The molecule has 0 radical (unpaired) electrons. The number of rotatable bonds is 6. The predicted molar refractivity (Wildman–Crippen MR) is 88.2 cm³/mol. The first kappa shape index (κ1) is 16.1. The zero-order valence-corrected chi connectivity index (χ0v) is 13.2. The van der Waals surface area contributed by atoms with E-state index < -0.39 is 0 Å². The molecule has 0 spiro atoms. The summed E-state index contributed by atoms with van der Waals surface area (Å²) < 4.78 is 13.8. The molecule has 0 unspecified atom stereocenters. The lowest BCUT2D eigenvalue weighted by Gasteiger charge is -2.20. The van der Waals surface area contributed by atoms with E-state index in [4.69, 9.17) is 5.11 Å². The van der Waals surface area contributed by atoms with Gasteiger partial charge in [-0.15, -0.1) is 0 Å². The van der Waals surface area contributed by atoms with Crippen molar-refractivity contribution in [2.75, 3.05) is 29.9 Å². The highest BCUT2D eigenvalue weighted by Gasteiger charge is 2.31. The van der Waals surface area contributed by atoms with Crippen molar-refractivity contribution in [1.29, 1.82) is 0 Å². The highest BCUT2D eigenvalue weighted by Crippen LogP contribution is 2.34. The van der Waals surface area contributed by atoms with Crippen LogP contribution in [-0.4, -0.2) is 36.9 Å². The lowest BCUT2D eigenvalue weighted by molar-refractivity contribution is 0.234. The van der Waals surface area contributed by atoms with Gasteiger partial charge in [-0.2, -0.15) is 0 Å². The minimum Gasteiger partial charge on any atom is -0.396 e. The number of benzene rings is 1. The van der Waals surface area contributed by atoms with E-state index in [0.717, 1.165) is 44.5 Å². The number of anilines is 2. The molecule has 2 fully saturated rings. The molecule has 3 N–H and O–H groups in total. The quantitative estimate of drug-likeness (QED) is 0.755. The van der Waals surface area contributed by atoms with Crippen LogP contribution in [0.15, 0.2) is 18.2 Å². The smallest absolute Gasteiger partial charge is 0.319 e. The van der Waals surface area contributed by atoms with Crippen molar-refractivity contribution in [2.45, 2.75) is 38.1 Å². The van der Waals surface area contributed by atoms with Crippen LogP contribution in [0, 0.1) is 11.7 Å². The highest BCUT2D eigenvalue weighted by molar-refractivity contribution is 5.90. The Hall–Kier alpha value is -1.82. The van der Waals surface area contributed by atoms with E-state index in [-0.39, 0.29) is 24.5 Å².